The van der Waals surface area contributed by atoms with Gasteiger partial charge < -0.3 is 10.4 Å². The zero-order valence-corrected chi connectivity index (χ0v) is 8.65. The summed E-state index contributed by atoms with van der Waals surface area (Å²) in [4.78, 5) is 21.7. The predicted octanol–water partition coefficient (Wildman–Crippen LogP) is -0.0670. The van der Waals surface area contributed by atoms with Gasteiger partial charge in [-0.15, -0.1) is 0 Å². The molecule has 6 heteroatoms. The van der Waals surface area contributed by atoms with Crippen LogP contribution < -0.4 is 5.32 Å². The number of carbonyl (C=O) groups is 2. The van der Waals surface area contributed by atoms with E-state index in [0.29, 0.717) is 11.3 Å². The highest BCUT2D eigenvalue weighted by Crippen LogP contribution is 2.03. The molecule has 0 fully saturated rings. The Bertz CT molecular complexity index is 384. The van der Waals surface area contributed by atoms with Crippen molar-refractivity contribution >= 4 is 11.9 Å². The Balaban J connectivity index is 2.54. The van der Waals surface area contributed by atoms with E-state index in [1.54, 1.807) is 24.9 Å². The van der Waals surface area contributed by atoms with E-state index in [-0.39, 0.29) is 18.9 Å². The minimum absolute atomic E-state index is 0.0783. The predicted molar refractivity (Wildman–Crippen MR) is 52.5 cm³/mol. The first-order valence-corrected chi connectivity index (χ1v) is 4.51. The number of aliphatic carboxylic acids is 1. The molecule has 0 aliphatic heterocycles. The molecule has 0 saturated carbocycles. The fraction of sp³-hybridized carbons (Fsp3) is 0.444. The van der Waals surface area contributed by atoms with Crippen molar-refractivity contribution in [3.63, 3.8) is 0 Å². The second kappa shape index (κ2) is 4.59. The van der Waals surface area contributed by atoms with E-state index in [2.05, 4.69) is 10.4 Å². The quantitative estimate of drug-likeness (QED) is 0.730. The third-order valence-corrected chi connectivity index (χ3v) is 1.88. The lowest BCUT2D eigenvalue weighted by Crippen LogP contribution is -2.26. The molecule has 0 bridgehead atoms. The van der Waals surface area contributed by atoms with Crippen LogP contribution in [0.15, 0.2) is 6.20 Å². The number of hydrogen-bond donors (Lipinski definition) is 2. The van der Waals surface area contributed by atoms with Gasteiger partial charge in [-0.05, 0) is 6.92 Å². The summed E-state index contributed by atoms with van der Waals surface area (Å²) in [7, 11) is 1.72. The minimum Gasteiger partial charge on any atom is -0.481 e. The van der Waals surface area contributed by atoms with Crippen molar-refractivity contribution in [1.82, 2.24) is 15.1 Å². The molecule has 1 amide bonds. The zero-order valence-electron chi connectivity index (χ0n) is 8.65. The normalized spacial score (nSPS) is 10.0. The van der Waals surface area contributed by atoms with E-state index in [1.165, 1.54) is 0 Å². The van der Waals surface area contributed by atoms with Crippen molar-refractivity contribution in [2.75, 3.05) is 6.54 Å². The number of rotatable bonds is 4. The van der Waals surface area contributed by atoms with Crippen LogP contribution in [0.25, 0.3) is 0 Å². The number of amides is 1. The summed E-state index contributed by atoms with van der Waals surface area (Å²) in [5.74, 6) is -1.22. The standard InChI is InChI=1S/C9H13N3O3/c1-6-7(5-12(2)11-6)9(15)10-4-3-8(13)14/h5H,3-4H2,1-2H3,(H,10,15)(H,13,14). The molecule has 15 heavy (non-hydrogen) atoms. The van der Waals surface area contributed by atoms with Crippen LogP contribution in [0.4, 0.5) is 0 Å². The number of carboxylic acid groups (broad SMARTS) is 1. The van der Waals surface area contributed by atoms with Crippen molar-refractivity contribution in [1.29, 1.82) is 0 Å². The molecule has 1 heterocycles. The molecular formula is C9H13N3O3. The van der Waals surface area contributed by atoms with Crippen molar-refractivity contribution < 1.29 is 14.7 Å². The first-order chi connectivity index (χ1) is 7.00. The maximum atomic E-state index is 11.5. The SMILES string of the molecule is Cc1nn(C)cc1C(=O)NCCC(=O)O. The smallest absolute Gasteiger partial charge is 0.305 e. The summed E-state index contributed by atoms with van der Waals surface area (Å²) >= 11 is 0. The Morgan fingerprint density at radius 1 is 1.60 bits per heavy atom. The molecular weight excluding hydrogens is 198 g/mol. The molecule has 0 radical (unpaired) electrons. The first kappa shape index (κ1) is 11.2. The summed E-state index contributed by atoms with van der Waals surface area (Å²) in [6.07, 6.45) is 1.52. The van der Waals surface area contributed by atoms with Crippen molar-refractivity contribution in [2.45, 2.75) is 13.3 Å². The summed E-state index contributed by atoms with van der Waals surface area (Å²) in [5.41, 5.74) is 1.10. The van der Waals surface area contributed by atoms with E-state index in [0.717, 1.165) is 0 Å². The van der Waals surface area contributed by atoms with Gasteiger partial charge in [0.25, 0.3) is 5.91 Å². The van der Waals surface area contributed by atoms with Crippen LogP contribution in [0.1, 0.15) is 22.5 Å². The number of nitrogens with zero attached hydrogens (tertiary/aromatic N) is 2. The Labute approximate surface area is 86.9 Å². The number of aryl methyl sites for hydroxylation is 2. The Kier molecular flexibility index (Phi) is 3.43. The lowest BCUT2D eigenvalue weighted by Gasteiger charge is -2.01. The van der Waals surface area contributed by atoms with Crippen LogP contribution in [0.3, 0.4) is 0 Å². The van der Waals surface area contributed by atoms with Crippen molar-refractivity contribution in [3.8, 4) is 0 Å². The maximum absolute atomic E-state index is 11.5. The second-order valence-corrected chi connectivity index (χ2v) is 3.20. The molecule has 82 valence electrons. The van der Waals surface area contributed by atoms with Gasteiger partial charge in [-0.2, -0.15) is 5.10 Å². The molecule has 0 unspecified atom stereocenters. The van der Waals surface area contributed by atoms with Crippen LogP contribution in [-0.4, -0.2) is 33.3 Å². The first-order valence-electron chi connectivity index (χ1n) is 4.51. The summed E-state index contributed by atoms with van der Waals surface area (Å²) in [6.45, 7) is 1.86. The molecule has 0 aromatic carbocycles. The van der Waals surface area contributed by atoms with Gasteiger partial charge in [-0.3, -0.25) is 14.3 Å². The van der Waals surface area contributed by atoms with Crippen molar-refractivity contribution in [2.24, 2.45) is 7.05 Å². The largest absolute Gasteiger partial charge is 0.481 e. The Hall–Kier alpha value is -1.85. The molecule has 0 aliphatic carbocycles. The fourth-order valence-corrected chi connectivity index (χ4v) is 1.20. The van der Waals surface area contributed by atoms with Gasteiger partial charge >= 0.3 is 5.97 Å². The monoisotopic (exact) mass is 211 g/mol. The molecule has 1 aromatic heterocycles. The second-order valence-electron chi connectivity index (χ2n) is 3.20. The Morgan fingerprint density at radius 3 is 2.73 bits per heavy atom. The minimum atomic E-state index is -0.932. The van der Waals surface area contributed by atoms with E-state index in [4.69, 9.17) is 5.11 Å². The molecule has 0 atom stereocenters. The van der Waals surface area contributed by atoms with Gasteiger partial charge in [0.05, 0.1) is 17.7 Å². The highest BCUT2D eigenvalue weighted by molar-refractivity contribution is 5.95. The fourth-order valence-electron chi connectivity index (χ4n) is 1.20. The highest BCUT2D eigenvalue weighted by Gasteiger charge is 2.11. The molecule has 0 spiro atoms. The number of carbonyl (C=O) groups excluding carboxylic acids is 1. The maximum Gasteiger partial charge on any atom is 0.305 e. The van der Waals surface area contributed by atoms with E-state index in [1.807, 2.05) is 0 Å². The summed E-state index contributed by atoms with van der Waals surface area (Å²) in [6, 6.07) is 0. The van der Waals surface area contributed by atoms with E-state index < -0.39 is 5.97 Å². The number of carboxylic acids is 1. The van der Waals surface area contributed by atoms with Gasteiger partial charge in [-0.25, -0.2) is 0 Å². The van der Waals surface area contributed by atoms with Crippen LogP contribution in [-0.2, 0) is 11.8 Å². The third-order valence-electron chi connectivity index (χ3n) is 1.88. The van der Waals surface area contributed by atoms with Crippen LogP contribution in [0.2, 0.25) is 0 Å². The van der Waals surface area contributed by atoms with Gasteiger partial charge in [0.1, 0.15) is 0 Å². The number of hydrogen-bond acceptors (Lipinski definition) is 3. The lowest BCUT2D eigenvalue weighted by atomic mass is 10.2. The van der Waals surface area contributed by atoms with Gasteiger partial charge in [0.2, 0.25) is 0 Å². The van der Waals surface area contributed by atoms with Gasteiger partial charge in [0.15, 0.2) is 0 Å². The molecule has 0 saturated heterocycles. The van der Waals surface area contributed by atoms with Gasteiger partial charge in [0, 0.05) is 19.8 Å². The lowest BCUT2D eigenvalue weighted by molar-refractivity contribution is -0.136. The third kappa shape index (κ3) is 3.08. The zero-order chi connectivity index (χ0) is 11.4. The summed E-state index contributed by atoms with van der Waals surface area (Å²) in [5, 5.41) is 14.9. The molecule has 6 nitrogen and oxygen atoms in total. The molecule has 1 aromatic rings. The van der Waals surface area contributed by atoms with E-state index in [9.17, 15) is 9.59 Å². The highest BCUT2D eigenvalue weighted by atomic mass is 16.4. The number of nitrogens with one attached hydrogen (secondary N) is 1. The number of aromatic nitrogens is 2. The van der Waals surface area contributed by atoms with Crippen LogP contribution in [0, 0.1) is 6.92 Å². The van der Waals surface area contributed by atoms with Gasteiger partial charge in [-0.1, -0.05) is 0 Å². The average molecular weight is 211 g/mol. The van der Waals surface area contributed by atoms with E-state index >= 15 is 0 Å². The topological polar surface area (TPSA) is 84.2 Å². The molecule has 1 rings (SSSR count). The average Bonchev–Trinajstić information content (AvgIpc) is 2.44. The van der Waals surface area contributed by atoms with Crippen LogP contribution in [0.5, 0.6) is 0 Å². The van der Waals surface area contributed by atoms with Crippen LogP contribution >= 0.6 is 0 Å². The summed E-state index contributed by atoms with van der Waals surface area (Å²) < 4.78 is 1.54. The van der Waals surface area contributed by atoms with Crippen molar-refractivity contribution in [3.05, 3.63) is 17.5 Å². The Morgan fingerprint density at radius 2 is 2.27 bits per heavy atom. The molecule has 0 aliphatic rings. The molecule has 2 N–H and O–H groups in total.